The summed E-state index contributed by atoms with van der Waals surface area (Å²) in [7, 11) is 0. The number of allylic oxidation sites excluding steroid dienone is 1. The van der Waals surface area contributed by atoms with Crippen LogP contribution in [0, 0.1) is 11.3 Å². The summed E-state index contributed by atoms with van der Waals surface area (Å²) in [5.74, 6) is 0. The summed E-state index contributed by atoms with van der Waals surface area (Å²) in [5.41, 5.74) is 0.643. The van der Waals surface area contributed by atoms with Crippen LogP contribution >= 0.6 is 11.3 Å². The first kappa shape index (κ1) is 13.7. The van der Waals surface area contributed by atoms with Crippen LogP contribution in [0.4, 0.5) is 0 Å². The van der Waals surface area contributed by atoms with Gasteiger partial charge in [0.2, 0.25) is 0 Å². The Kier molecular flexibility index (Phi) is 7.31. The molecule has 1 rings (SSSR count). The minimum absolute atomic E-state index is 0.643. The Labute approximate surface area is 95.7 Å². The topological polar surface area (TPSA) is 23.8 Å². The van der Waals surface area contributed by atoms with E-state index in [0.29, 0.717) is 5.57 Å². The molecule has 0 unspecified atom stereocenters. The van der Waals surface area contributed by atoms with Gasteiger partial charge in [-0.15, -0.1) is 11.3 Å². The van der Waals surface area contributed by atoms with Gasteiger partial charge >= 0.3 is 0 Å². The van der Waals surface area contributed by atoms with E-state index >= 15 is 0 Å². The summed E-state index contributed by atoms with van der Waals surface area (Å²) in [6.45, 7) is 9.81. The molecule has 0 saturated carbocycles. The predicted molar refractivity (Wildman–Crippen MR) is 68.9 cm³/mol. The molecule has 0 aliphatic rings. The summed E-state index contributed by atoms with van der Waals surface area (Å²) in [5, 5.41) is 11.7. The van der Waals surface area contributed by atoms with Gasteiger partial charge in [0.1, 0.15) is 0 Å². The fourth-order valence-electron chi connectivity index (χ4n) is 0.983. The van der Waals surface area contributed by atoms with Crippen LogP contribution in [0.5, 0.6) is 0 Å². The van der Waals surface area contributed by atoms with E-state index in [9.17, 15) is 0 Å². The van der Waals surface area contributed by atoms with Gasteiger partial charge in [-0.1, -0.05) is 39.0 Å². The Morgan fingerprint density at radius 3 is 2.60 bits per heavy atom. The molecule has 0 bridgehead atoms. The zero-order chi connectivity index (χ0) is 11.7. The standard InChI is InChI=1S/C10H9NS.C3H8/c1-3-8(7-11)9-5-6-12-10(9)4-2;1-3-2/h3-6H,1H2,2H3;3H2,1-2H3/b9-8+,10-4+;. The lowest BCUT2D eigenvalue weighted by Gasteiger charge is -1.82. The molecule has 1 aromatic heterocycles. The van der Waals surface area contributed by atoms with Crippen molar-refractivity contribution >= 4 is 23.0 Å². The van der Waals surface area contributed by atoms with Crippen LogP contribution in [0.15, 0.2) is 24.1 Å². The summed E-state index contributed by atoms with van der Waals surface area (Å²) in [6.07, 6.45) is 4.84. The number of hydrogen-bond donors (Lipinski definition) is 0. The van der Waals surface area contributed by atoms with E-state index in [2.05, 4.69) is 26.5 Å². The molecule has 80 valence electrons. The van der Waals surface area contributed by atoms with Crippen molar-refractivity contribution in [2.75, 3.05) is 0 Å². The van der Waals surface area contributed by atoms with Crippen LogP contribution in [0.25, 0.3) is 11.6 Å². The van der Waals surface area contributed by atoms with Gasteiger partial charge in [-0.25, -0.2) is 0 Å². The molecule has 0 atom stereocenters. The second-order valence-electron chi connectivity index (χ2n) is 2.92. The Hall–Kier alpha value is -1.33. The van der Waals surface area contributed by atoms with Crippen molar-refractivity contribution in [1.29, 1.82) is 5.26 Å². The predicted octanol–water partition coefficient (Wildman–Crippen LogP) is 2.83. The fourth-order valence-corrected chi connectivity index (χ4v) is 1.77. The minimum atomic E-state index is 0.643. The summed E-state index contributed by atoms with van der Waals surface area (Å²) in [6, 6.07) is 4.06. The van der Waals surface area contributed by atoms with Gasteiger partial charge in [0.05, 0.1) is 11.6 Å². The number of hydrogen-bond acceptors (Lipinski definition) is 2. The molecule has 0 aliphatic carbocycles. The van der Waals surface area contributed by atoms with Crippen LogP contribution in [-0.2, 0) is 0 Å². The molecule has 0 amide bonds. The minimum Gasteiger partial charge on any atom is -0.192 e. The third-order valence-electron chi connectivity index (χ3n) is 1.57. The van der Waals surface area contributed by atoms with Crippen molar-refractivity contribution in [3.63, 3.8) is 0 Å². The maximum absolute atomic E-state index is 8.75. The normalized spacial score (nSPS) is 12.3. The lowest BCUT2D eigenvalue weighted by atomic mass is 10.2. The molecule has 0 fully saturated rings. The zero-order valence-corrected chi connectivity index (χ0v) is 10.4. The van der Waals surface area contributed by atoms with Gasteiger partial charge in [-0.2, -0.15) is 5.26 Å². The van der Waals surface area contributed by atoms with Crippen LogP contribution in [-0.4, -0.2) is 0 Å². The Morgan fingerprint density at radius 1 is 1.60 bits per heavy atom. The molecule has 0 saturated heterocycles. The number of thiophene rings is 1. The molecule has 2 heteroatoms. The average Bonchev–Trinajstić information content (AvgIpc) is 2.69. The van der Waals surface area contributed by atoms with E-state index < -0.39 is 0 Å². The summed E-state index contributed by atoms with van der Waals surface area (Å²) in [4.78, 5) is 0. The van der Waals surface area contributed by atoms with Gasteiger partial charge in [0.25, 0.3) is 0 Å². The van der Waals surface area contributed by atoms with Crippen molar-refractivity contribution in [1.82, 2.24) is 0 Å². The molecule has 0 spiro atoms. The van der Waals surface area contributed by atoms with Crippen molar-refractivity contribution in [2.45, 2.75) is 27.2 Å². The first-order valence-electron chi connectivity index (χ1n) is 5.01. The highest BCUT2D eigenvalue weighted by atomic mass is 32.1. The van der Waals surface area contributed by atoms with Crippen LogP contribution in [0.1, 0.15) is 27.2 Å². The highest BCUT2D eigenvalue weighted by Gasteiger charge is 1.92. The lowest BCUT2D eigenvalue weighted by molar-refractivity contribution is 1.09. The molecule has 0 radical (unpaired) electrons. The second-order valence-corrected chi connectivity index (χ2v) is 3.87. The first-order chi connectivity index (χ1) is 7.24. The number of nitriles is 1. The molecule has 1 heterocycles. The molecule has 0 N–H and O–H groups in total. The molecule has 0 aliphatic heterocycles. The fraction of sp³-hybridized carbons (Fsp3) is 0.308. The molecule has 0 aromatic carbocycles. The third kappa shape index (κ3) is 4.14. The van der Waals surface area contributed by atoms with Crippen LogP contribution in [0.2, 0.25) is 0 Å². The summed E-state index contributed by atoms with van der Waals surface area (Å²) < 4.78 is 1.13. The second kappa shape index (κ2) is 8.02. The van der Waals surface area contributed by atoms with E-state index in [-0.39, 0.29) is 0 Å². The largest absolute Gasteiger partial charge is 0.192 e. The monoisotopic (exact) mass is 219 g/mol. The summed E-state index contributed by atoms with van der Waals surface area (Å²) >= 11 is 1.63. The molecular formula is C13H17NS. The van der Waals surface area contributed by atoms with Gasteiger partial charge in [0.15, 0.2) is 0 Å². The SMILES string of the molecule is C=C/C(C#N)=c1/ccs/c1=C/C.CCC. The Balaban J connectivity index is 0.000000583. The highest BCUT2D eigenvalue weighted by Crippen LogP contribution is 1.91. The number of nitrogens with zero attached hydrogens (tertiary/aromatic N) is 1. The van der Waals surface area contributed by atoms with Crippen molar-refractivity contribution in [3.05, 3.63) is 33.9 Å². The van der Waals surface area contributed by atoms with Gasteiger partial charge in [0, 0.05) is 9.75 Å². The first-order valence-corrected chi connectivity index (χ1v) is 5.89. The number of rotatable bonds is 1. The third-order valence-corrected chi connectivity index (χ3v) is 2.55. The van der Waals surface area contributed by atoms with Gasteiger partial charge < -0.3 is 0 Å². The van der Waals surface area contributed by atoms with E-state index in [0.717, 1.165) is 9.75 Å². The lowest BCUT2D eigenvalue weighted by Crippen LogP contribution is -2.19. The maximum Gasteiger partial charge on any atom is 0.0998 e. The maximum atomic E-state index is 8.75. The van der Waals surface area contributed by atoms with E-state index in [1.54, 1.807) is 17.4 Å². The molecule has 15 heavy (non-hydrogen) atoms. The van der Waals surface area contributed by atoms with Crippen molar-refractivity contribution < 1.29 is 0 Å². The molecule has 1 nitrogen and oxygen atoms in total. The van der Waals surface area contributed by atoms with E-state index in [1.165, 1.54) is 6.42 Å². The zero-order valence-electron chi connectivity index (χ0n) is 9.58. The highest BCUT2D eigenvalue weighted by molar-refractivity contribution is 7.07. The van der Waals surface area contributed by atoms with Crippen LogP contribution in [0.3, 0.4) is 0 Å². The van der Waals surface area contributed by atoms with Crippen molar-refractivity contribution in [3.8, 4) is 6.07 Å². The average molecular weight is 219 g/mol. The van der Waals surface area contributed by atoms with Crippen molar-refractivity contribution in [2.24, 2.45) is 0 Å². The van der Waals surface area contributed by atoms with Crippen LogP contribution < -0.4 is 9.75 Å². The van der Waals surface area contributed by atoms with E-state index in [1.807, 2.05) is 24.4 Å². The quantitative estimate of drug-likeness (QED) is 0.712. The molecule has 1 aromatic rings. The van der Waals surface area contributed by atoms with Gasteiger partial charge in [-0.3, -0.25) is 0 Å². The Bertz CT molecular complexity index is 446. The van der Waals surface area contributed by atoms with Gasteiger partial charge in [-0.05, 0) is 18.4 Å². The smallest absolute Gasteiger partial charge is 0.0998 e. The van der Waals surface area contributed by atoms with E-state index in [4.69, 9.17) is 5.26 Å². The molecular weight excluding hydrogens is 202 g/mol. The Morgan fingerprint density at radius 2 is 2.20 bits per heavy atom.